The average molecular weight is 295 g/mol. The van der Waals surface area contributed by atoms with Gasteiger partial charge in [-0.05, 0) is 45.0 Å². The van der Waals surface area contributed by atoms with Crippen molar-refractivity contribution in [1.82, 2.24) is 14.5 Å². The van der Waals surface area contributed by atoms with Crippen molar-refractivity contribution >= 4 is 17.0 Å². The van der Waals surface area contributed by atoms with Gasteiger partial charge < -0.3 is 4.74 Å². The van der Waals surface area contributed by atoms with Crippen LogP contribution in [0.2, 0.25) is 0 Å². The molecule has 0 amide bonds. The van der Waals surface area contributed by atoms with Crippen LogP contribution in [0, 0.1) is 0 Å². The van der Waals surface area contributed by atoms with Gasteiger partial charge in [0.1, 0.15) is 5.60 Å². The number of hydrogen-bond donors (Lipinski definition) is 0. The number of carbonyl (C=O) groups is 1. The highest BCUT2D eigenvalue weighted by atomic mass is 16.6. The summed E-state index contributed by atoms with van der Waals surface area (Å²) in [5, 5.41) is 0.902. The fraction of sp³-hybridized carbons (Fsp3) is 0.235. The zero-order valence-corrected chi connectivity index (χ0v) is 12.8. The third-order valence-corrected chi connectivity index (χ3v) is 3.16. The van der Waals surface area contributed by atoms with Gasteiger partial charge in [0.05, 0.1) is 11.2 Å². The summed E-state index contributed by atoms with van der Waals surface area (Å²) in [5.74, 6) is 0. The summed E-state index contributed by atoms with van der Waals surface area (Å²) in [6.45, 7) is 5.54. The molecule has 0 fully saturated rings. The van der Waals surface area contributed by atoms with E-state index in [4.69, 9.17) is 4.74 Å². The molecule has 0 aliphatic heterocycles. The fourth-order valence-corrected chi connectivity index (χ4v) is 2.28. The summed E-state index contributed by atoms with van der Waals surface area (Å²) in [5.41, 5.74) is 2.02. The van der Waals surface area contributed by atoms with Gasteiger partial charge in [0.25, 0.3) is 0 Å². The Morgan fingerprint density at radius 2 is 1.82 bits per heavy atom. The van der Waals surface area contributed by atoms with E-state index in [9.17, 15) is 4.79 Å². The van der Waals surface area contributed by atoms with Crippen LogP contribution in [0.25, 0.3) is 22.2 Å². The molecule has 0 unspecified atom stereocenters. The number of fused-ring (bicyclic) bond motifs is 1. The first-order chi connectivity index (χ1) is 10.5. The highest BCUT2D eigenvalue weighted by Crippen LogP contribution is 2.27. The van der Waals surface area contributed by atoms with Gasteiger partial charge in [0.15, 0.2) is 0 Å². The SMILES string of the molecule is CC(C)(C)OC(=O)n1ccc2c(-c3ccncc3)nccc21. The molecular weight excluding hydrogens is 278 g/mol. The third-order valence-electron chi connectivity index (χ3n) is 3.16. The summed E-state index contributed by atoms with van der Waals surface area (Å²) in [6.07, 6.45) is 6.46. The molecule has 3 rings (SSSR count). The summed E-state index contributed by atoms with van der Waals surface area (Å²) in [4.78, 5) is 20.7. The van der Waals surface area contributed by atoms with Gasteiger partial charge >= 0.3 is 6.09 Å². The third kappa shape index (κ3) is 2.70. The molecule has 0 radical (unpaired) electrons. The lowest BCUT2D eigenvalue weighted by Gasteiger charge is -2.19. The maximum absolute atomic E-state index is 12.3. The van der Waals surface area contributed by atoms with E-state index in [-0.39, 0.29) is 0 Å². The number of pyridine rings is 2. The van der Waals surface area contributed by atoms with Crippen LogP contribution in [0.5, 0.6) is 0 Å². The number of nitrogens with zero attached hydrogens (tertiary/aromatic N) is 3. The zero-order chi connectivity index (χ0) is 15.7. The molecule has 0 aliphatic carbocycles. The summed E-state index contributed by atoms with van der Waals surface area (Å²) in [6, 6.07) is 7.48. The fourth-order valence-electron chi connectivity index (χ4n) is 2.28. The Balaban J connectivity index is 2.08. The van der Waals surface area contributed by atoms with Gasteiger partial charge in [-0.25, -0.2) is 4.79 Å². The quantitative estimate of drug-likeness (QED) is 0.683. The molecule has 3 aromatic heterocycles. The normalized spacial score (nSPS) is 11.6. The van der Waals surface area contributed by atoms with E-state index >= 15 is 0 Å². The predicted octanol–water partition coefficient (Wildman–Crippen LogP) is 3.88. The first kappa shape index (κ1) is 14.3. The van der Waals surface area contributed by atoms with Crippen molar-refractivity contribution in [3.8, 4) is 11.3 Å². The minimum atomic E-state index is -0.533. The first-order valence-electron chi connectivity index (χ1n) is 7.05. The molecule has 0 spiro atoms. The Hall–Kier alpha value is -2.69. The van der Waals surface area contributed by atoms with Gasteiger partial charge in [0, 0.05) is 35.7 Å². The maximum Gasteiger partial charge on any atom is 0.418 e. The minimum Gasteiger partial charge on any atom is -0.443 e. The average Bonchev–Trinajstić information content (AvgIpc) is 2.90. The smallest absolute Gasteiger partial charge is 0.418 e. The standard InChI is InChI=1S/C17H17N3O2/c1-17(2,3)22-16(21)20-11-7-13-14(20)6-10-19-15(13)12-4-8-18-9-5-12/h4-11H,1-3H3. The van der Waals surface area contributed by atoms with Crippen molar-refractivity contribution < 1.29 is 9.53 Å². The van der Waals surface area contributed by atoms with Crippen molar-refractivity contribution in [3.63, 3.8) is 0 Å². The molecule has 0 aliphatic rings. The Kier molecular flexibility index (Phi) is 3.41. The van der Waals surface area contributed by atoms with Crippen molar-refractivity contribution in [3.05, 3.63) is 49.1 Å². The maximum atomic E-state index is 12.3. The molecule has 5 heteroatoms. The molecular formula is C17H17N3O2. The number of carbonyl (C=O) groups excluding carboxylic acids is 1. The molecule has 22 heavy (non-hydrogen) atoms. The Labute approximate surface area is 128 Å². The monoisotopic (exact) mass is 295 g/mol. The Morgan fingerprint density at radius 1 is 1.09 bits per heavy atom. The van der Waals surface area contributed by atoms with Crippen molar-refractivity contribution in [2.45, 2.75) is 26.4 Å². The van der Waals surface area contributed by atoms with Crippen molar-refractivity contribution in [1.29, 1.82) is 0 Å². The molecule has 0 bridgehead atoms. The molecule has 0 saturated carbocycles. The lowest BCUT2D eigenvalue weighted by Crippen LogP contribution is -2.26. The van der Waals surface area contributed by atoms with Crippen LogP contribution in [0.1, 0.15) is 20.8 Å². The number of aromatic nitrogens is 3. The molecule has 5 nitrogen and oxygen atoms in total. The second-order valence-corrected chi connectivity index (χ2v) is 5.99. The van der Waals surface area contributed by atoms with Crippen molar-refractivity contribution in [2.24, 2.45) is 0 Å². The largest absolute Gasteiger partial charge is 0.443 e. The molecule has 0 N–H and O–H groups in total. The lowest BCUT2D eigenvalue weighted by molar-refractivity contribution is 0.0544. The molecule has 3 aromatic rings. The van der Waals surface area contributed by atoms with Crippen LogP contribution >= 0.6 is 0 Å². The van der Waals surface area contributed by atoms with Gasteiger partial charge in [-0.2, -0.15) is 0 Å². The van der Waals surface area contributed by atoms with E-state index in [0.717, 1.165) is 22.2 Å². The minimum absolute atomic E-state index is 0.394. The number of rotatable bonds is 1. The summed E-state index contributed by atoms with van der Waals surface area (Å²) < 4.78 is 6.94. The van der Waals surface area contributed by atoms with Gasteiger partial charge in [0.2, 0.25) is 0 Å². The van der Waals surface area contributed by atoms with Crippen LogP contribution < -0.4 is 0 Å². The molecule has 112 valence electrons. The number of ether oxygens (including phenoxy) is 1. The van der Waals surface area contributed by atoms with E-state index in [1.54, 1.807) is 24.8 Å². The highest BCUT2D eigenvalue weighted by Gasteiger charge is 2.19. The van der Waals surface area contributed by atoms with Crippen molar-refractivity contribution in [2.75, 3.05) is 0 Å². The van der Waals surface area contributed by atoms with Gasteiger partial charge in [-0.15, -0.1) is 0 Å². The highest BCUT2D eigenvalue weighted by molar-refractivity contribution is 5.97. The molecule has 0 saturated heterocycles. The van der Waals surface area contributed by atoms with E-state index in [1.807, 2.05) is 45.0 Å². The second-order valence-electron chi connectivity index (χ2n) is 5.99. The summed E-state index contributed by atoms with van der Waals surface area (Å²) >= 11 is 0. The second kappa shape index (κ2) is 5.26. The van der Waals surface area contributed by atoms with Crippen LogP contribution in [-0.2, 0) is 4.74 Å². The lowest BCUT2D eigenvalue weighted by atomic mass is 10.1. The van der Waals surface area contributed by atoms with E-state index in [1.165, 1.54) is 4.57 Å². The van der Waals surface area contributed by atoms with Gasteiger partial charge in [-0.1, -0.05) is 0 Å². The van der Waals surface area contributed by atoms with Crippen LogP contribution in [-0.4, -0.2) is 26.2 Å². The Morgan fingerprint density at radius 3 is 2.50 bits per heavy atom. The predicted molar refractivity (Wildman–Crippen MR) is 84.6 cm³/mol. The van der Waals surface area contributed by atoms with E-state index in [0.29, 0.717) is 0 Å². The van der Waals surface area contributed by atoms with Crippen LogP contribution in [0.3, 0.4) is 0 Å². The van der Waals surface area contributed by atoms with E-state index < -0.39 is 11.7 Å². The molecule has 0 atom stereocenters. The number of hydrogen-bond acceptors (Lipinski definition) is 4. The van der Waals surface area contributed by atoms with Crippen LogP contribution in [0.4, 0.5) is 4.79 Å². The topological polar surface area (TPSA) is 57.0 Å². The zero-order valence-electron chi connectivity index (χ0n) is 12.8. The van der Waals surface area contributed by atoms with Gasteiger partial charge in [-0.3, -0.25) is 14.5 Å². The molecule has 3 heterocycles. The van der Waals surface area contributed by atoms with Crippen LogP contribution in [0.15, 0.2) is 49.1 Å². The first-order valence-corrected chi connectivity index (χ1v) is 7.05. The van der Waals surface area contributed by atoms with E-state index in [2.05, 4.69) is 9.97 Å². The molecule has 0 aromatic carbocycles. The Bertz CT molecular complexity index is 817. The summed E-state index contributed by atoms with van der Waals surface area (Å²) in [7, 11) is 0.